The number of hydrogen-bond donors (Lipinski definition) is 2. The Kier molecular flexibility index (Phi) is 7.32. The fourth-order valence-electron chi connectivity index (χ4n) is 6.39. The number of benzene rings is 2. The van der Waals surface area contributed by atoms with Crippen LogP contribution in [0.15, 0.2) is 42.5 Å². The van der Waals surface area contributed by atoms with E-state index in [1.165, 1.54) is 19.4 Å². The highest BCUT2D eigenvalue weighted by atomic mass is 35.5. The third kappa shape index (κ3) is 5.48. The molecule has 0 spiro atoms. The fraction of sp³-hybridized carbons (Fsp3) is 0.536. The molecule has 7 heteroatoms. The van der Waals surface area contributed by atoms with E-state index in [1.54, 1.807) is 25.3 Å². The highest BCUT2D eigenvalue weighted by Gasteiger charge is 2.53. The topological polar surface area (TPSA) is 61.8 Å². The first-order valence-electron chi connectivity index (χ1n) is 12.6. The van der Waals surface area contributed by atoms with Crippen LogP contribution in [0.25, 0.3) is 0 Å². The number of nitrogens with zero attached hydrogens (tertiary/aromatic N) is 1. The van der Waals surface area contributed by atoms with Crippen LogP contribution in [-0.2, 0) is 21.4 Å². The minimum Gasteiger partial charge on any atom is -0.508 e. The third-order valence-electron chi connectivity index (χ3n) is 8.27. The van der Waals surface area contributed by atoms with Crippen LogP contribution < -0.4 is 5.32 Å². The van der Waals surface area contributed by atoms with Gasteiger partial charge in [0.2, 0.25) is 5.91 Å². The van der Waals surface area contributed by atoms with Crippen molar-refractivity contribution in [1.82, 2.24) is 10.2 Å². The number of halogens is 2. The second kappa shape index (κ2) is 10.3. The van der Waals surface area contributed by atoms with E-state index in [1.807, 2.05) is 18.2 Å². The normalized spacial score (nSPS) is 28.9. The van der Waals surface area contributed by atoms with E-state index in [0.717, 1.165) is 49.4 Å². The largest absolute Gasteiger partial charge is 0.508 e. The van der Waals surface area contributed by atoms with E-state index in [0.29, 0.717) is 16.0 Å². The lowest BCUT2D eigenvalue weighted by atomic mass is 9.57. The number of carbonyl (C=O) groups is 1. The maximum absolute atomic E-state index is 13.0. The zero-order chi connectivity index (χ0) is 24.6. The molecule has 3 fully saturated rings. The predicted molar refractivity (Wildman–Crippen MR) is 139 cm³/mol. The Labute approximate surface area is 217 Å². The summed E-state index contributed by atoms with van der Waals surface area (Å²) in [6.45, 7) is 3.20. The molecule has 2 aromatic carbocycles. The van der Waals surface area contributed by atoms with Gasteiger partial charge in [0, 0.05) is 37.6 Å². The Morgan fingerprint density at radius 3 is 2.74 bits per heavy atom. The Morgan fingerprint density at radius 2 is 2.03 bits per heavy atom. The van der Waals surface area contributed by atoms with Gasteiger partial charge >= 0.3 is 0 Å². The summed E-state index contributed by atoms with van der Waals surface area (Å²) in [5.74, 6) is 1.42. The number of amides is 1. The first kappa shape index (κ1) is 24.9. The number of ether oxygens (including phenoxy) is 1. The molecule has 1 aliphatic heterocycles. The van der Waals surface area contributed by atoms with Crippen molar-refractivity contribution in [3.05, 3.63) is 63.6 Å². The molecular formula is C28H34Cl2N2O3. The van der Waals surface area contributed by atoms with Gasteiger partial charge in [-0.05, 0) is 80.0 Å². The van der Waals surface area contributed by atoms with Crippen LogP contribution in [0.2, 0.25) is 10.0 Å². The van der Waals surface area contributed by atoms with Gasteiger partial charge in [-0.15, -0.1) is 0 Å². The number of likely N-dealkylation sites (tertiary alicyclic amines) is 1. The average molecular weight is 517 g/mol. The number of fused-ring (bicyclic) bond motifs is 1. The Bertz CT molecular complexity index is 1080. The highest BCUT2D eigenvalue weighted by Crippen LogP contribution is 2.51. The molecule has 0 bridgehead atoms. The Morgan fingerprint density at radius 1 is 1.20 bits per heavy atom. The molecule has 2 saturated carbocycles. The van der Waals surface area contributed by atoms with Crippen LogP contribution in [0.3, 0.4) is 0 Å². The summed E-state index contributed by atoms with van der Waals surface area (Å²) < 4.78 is 6.09. The number of methoxy groups -OCH3 is 1. The van der Waals surface area contributed by atoms with Gasteiger partial charge in [-0.3, -0.25) is 4.79 Å². The molecule has 2 aromatic rings. The van der Waals surface area contributed by atoms with Crippen LogP contribution in [0, 0.1) is 11.8 Å². The van der Waals surface area contributed by atoms with Crippen LogP contribution >= 0.6 is 23.2 Å². The molecule has 4 unspecified atom stereocenters. The van der Waals surface area contributed by atoms with Crippen molar-refractivity contribution < 1.29 is 14.6 Å². The van der Waals surface area contributed by atoms with E-state index in [9.17, 15) is 9.90 Å². The number of phenols is 1. The number of hydrogen-bond acceptors (Lipinski definition) is 4. The third-order valence-corrected chi connectivity index (χ3v) is 9.01. The number of rotatable bonds is 7. The summed E-state index contributed by atoms with van der Waals surface area (Å²) >= 11 is 12.2. The molecule has 0 radical (unpaired) electrons. The first-order valence-corrected chi connectivity index (χ1v) is 13.4. The van der Waals surface area contributed by atoms with Crippen molar-refractivity contribution in [1.29, 1.82) is 0 Å². The summed E-state index contributed by atoms with van der Waals surface area (Å²) in [6, 6.07) is 13.0. The number of phenolic OH excluding ortho intramolecular Hbond substituents is 1. The number of carbonyl (C=O) groups excluding carboxylic acids is 1. The monoisotopic (exact) mass is 516 g/mol. The molecule has 1 saturated heterocycles. The molecule has 3 aliphatic rings. The van der Waals surface area contributed by atoms with Gasteiger partial charge in [-0.25, -0.2) is 0 Å². The second-order valence-electron chi connectivity index (χ2n) is 10.7. The van der Waals surface area contributed by atoms with Crippen LogP contribution in [0.4, 0.5) is 0 Å². The molecule has 188 valence electrons. The lowest BCUT2D eigenvalue weighted by molar-refractivity contribution is -0.123. The smallest absolute Gasteiger partial charge is 0.224 e. The Balaban J connectivity index is 1.37. The zero-order valence-electron chi connectivity index (χ0n) is 20.2. The van der Waals surface area contributed by atoms with Gasteiger partial charge < -0.3 is 20.1 Å². The molecule has 2 aliphatic carbocycles. The predicted octanol–water partition coefficient (Wildman–Crippen LogP) is 5.21. The van der Waals surface area contributed by atoms with Crippen LogP contribution in [-0.4, -0.2) is 54.8 Å². The van der Waals surface area contributed by atoms with Crippen molar-refractivity contribution in [2.75, 3.05) is 26.7 Å². The van der Waals surface area contributed by atoms with Gasteiger partial charge in [0.25, 0.3) is 0 Å². The average Bonchev–Trinajstić information content (AvgIpc) is 3.65. The lowest BCUT2D eigenvalue weighted by Crippen LogP contribution is -2.61. The molecule has 5 nitrogen and oxygen atoms in total. The SMILES string of the molecule is COC1CC(NC(=O)Cc2ccc(Cl)c(Cl)c2)CC2(c3cccc(O)c3)CCN(CC3CC3)CC12. The molecule has 0 aromatic heterocycles. The van der Waals surface area contributed by atoms with E-state index >= 15 is 0 Å². The van der Waals surface area contributed by atoms with Gasteiger partial charge in [0.1, 0.15) is 5.75 Å². The summed E-state index contributed by atoms with van der Waals surface area (Å²) in [5, 5.41) is 14.5. The number of piperidine rings is 1. The van der Waals surface area contributed by atoms with Crippen molar-refractivity contribution in [2.45, 2.75) is 56.1 Å². The maximum atomic E-state index is 13.0. The summed E-state index contributed by atoms with van der Waals surface area (Å²) in [7, 11) is 1.79. The molecule has 35 heavy (non-hydrogen) atoms. The summed E-state index contributed by atoms with van der Waals surface area (Å²) in [6.07, 6.45) is 5.59. The maximum Gasteiger partial charge on any atom is 0.224 e. The molecule has 1 heterocycles. The van der Waals surface area contributed by atoms with Crippen LogP contribution in [0.1, 0.15) is 43.2 Å². The Hall–Kier alpha value is -1.79. The molecule has 5 rings (SSSR count). The second-order valence-corrected chi connectivity index (χ2v) is 11.5. The van der Waals surface area contributed by atoms with Gasteiger partial charge in [0.05, 0.1) is 22.6 Å². The molecule has 4 atom stereocenters. The van der Waals surface area contributed by atoms with Crippen molar-refractivity contribution in [3.63, 3.8) is 0 Å². The lowest BCUT2D eigenvalue weighted by Gasteiger charge is -2.55. The number of aromatic hydroxyl groups is 1. The number of nitrogens with one attached hydrogen (secondary N) is 1. The highest BCUT2D eigenvalue weighted by molar-refractivity contribution is 6.42. The van der Waals surface area contributed by atoms with Gasteiger partial charge in [-0.1, -0.05) is 41.4 Å². The molecular weight excluding hydrogens is 483 g/mol. The summed E-state index contributed by atoms with van der Waals surface area (Å²) in [5.41, 5.74) is 1.84. The summed E-state index contributed by atoms with van der Waals surface area (Å²) in [4.78, 5) is 15.6. The van der Waals surface area contributed by atoms with E-state index in [-0.39, 0.29) is 35.6 Å². The van der Waals surface area contributed by atoms with E-state index < -0.39 is 0 Å². The van der Waals surface area contributed by atoms with Gasteiger partial charge in [0.15, 0.2) is 0 Å². The van der Waals surface area contributed by atoms with Gasteiger partial charge in [-0.2, -0.15) is 0 Å². The zero-order valence-corrected chi connectivity index (χ0v) is 21.7. The fourth-order valence-corrected chi connectivity index (χ4v) is 6.71. The van der Waals surface area contributed by atoms with Crippen molar-refractivity contribution in [2.24, 2.45) is 11.8 Å². The molecule has 2 N–H and O–H groups in total. The minimum absolute atomic E-state index is 0.0104. The van der Waals surface area contributed by atoms with E-state index in [4.69, 9.17) is 27.9 Å². The standard InChI is InChI=1S/C28H34Cl2N2O3/c1-35-26-14-21(31-27(34)12-19-7-8-24(29)25(30)11-19)15-28(20-3-2-4-22(33)13-20)9-10-32(17-23(26)28)16-18-5-6-18/h2-4,7-8,11,13,18,21,23,26,33H,5-6,9-10,12,14-17H2,1H3,(H,31,34). The minimum atomic E-state index is -0.154. The van der Waals surface area contributed by atoms with Crippen molar-refractivity contribution >= 4 is 29.1 Å². The van der Waals surface area contributed by atoms with Crippen molar-refractivity contribution in [3.8, 4) is 5.75 Å². The van der Waals surface area contributed by atoms with E-state index in [2.05, 4.69) is 16.3 Å². The quantitative estimate of drug-likeness (QED) is 0.530. The first-order chi connectivity index (χ1) is 16.9. The van der Waals surface area contributed by atoms with Crippen LogP contribution in [0.5, 0.6) is 5.75 Å². The molecule has 1 amide bonds.